The zero-order chi connectivity index (χ0) is 18.7. The molecule has 0 spiro atoms. The van der Waals surface area contributed by atoms with Crippen molar-refractivity contribution in [1.29, 1.82) is 0 Å². The molecule has 0 fully saturated rings. The molecule has 1 aromatic heterocycles. The van der Waals surface area contributed by atoms with Gasteiger partial charge in [-0.25, -0.2) is 4.98 Å². The number of carbonyl (C=O) groups excluding carboxylic acids is 1. The molecule has 3 rings (SSSR count). The molecule has 26 heavy (non-hydrogen) atoms. The van der Waals surface area contributed by atoms with E-state index in [1.54, 1.807) is 6.20 Å². The molecule has 1 atom stereocenters. The lowest BCUT2D eigenvalue weighted by atomic mass is 10.1. The number of carbonyl (C=O) groups is 1. The van der Waals surface area contributed by atoms with Gasteiger partial charge in [-0.2, -0.15) is 0 Å². The molecule has 0 saturated carbocycles. The van der Waals surface area contributed by atoms with Gasteiger partial charge in [0.2, 0.25) is 5.91 Å². The van der Waals surface area contributed by atoms with Gasteiger partial charge in [0.1, 0.15) is 11.6 Å². The normalized spacial score (nSPS) is 16.9. The van der Waals surface area contributed by atoms with Crippen molar-refractivity contribution < 1.29 is 9.53 Å². The highest BCUT2D eigenvalue weighted by molar-refractivity contribution is 6.30. The largest absolute Gasteiger partial charge is 0.454 e. The fraction of sp³-hybridized carbons (Fsp3) is 0.333. The van der Waals surface area contributed by atoms with E-state index in [-0.39, 0.29) is 12.3 Å². The average molecular weight is 395 g/mol. The number of rotatable bonds is 7. The molecule has 2 aromatic rings. The van der Waals surface area contributed by atoms with Crippen LogP contribution in [0.1, 0.15) is 30.6 Å². The predicted molar refractivity (Wildman–Crippen MR) is 101 cm³/mol. The van der Waals surface area contributed by atoms with E-state index in [1.165, 1.54) is 0 Å². The van der Waals surface area contributed by atoms with Crippen molar-refractivity contribution in [3.8, 4) is 0 Å². The minimum Gasteiger partial charge on any atom is -0.454 e. The highest BCUT2D eigenvalue weighted by atomic mass is 35.5. The van der Waals surface area contributed by atoms with Crippen LogP contribution in [0.5, 0.6) is 0 Å². The maximum Gasteiger partial charge on any atom is 0.257 e. The lowest BCUT2D eigenvalue weighted by Crippen LogP contribution is -2.30. The number of hydrogen-bond acceptors (Lipinski definition) is 4. The summed E-state index contributed by atoms with van der Waals surface area (Å²) in [6.07, 6.45) is 3.79. The Labute approximate surface area is 162 Å². The van der Waals surface area contributed by atoms with E-state index in [0.29, 0.717) is 29.6 Å². The Morgan fingerprint density at radius 1 is 1.35 bits per heavy atom. The molecule has 0 saturated heterocycles. The van der Waals surface area contributed by atoms with Crippen LogP contribution in [0.15, 0.2) is 42.4 Å². The van der Waals surface area contributed by atoms with E-state index in [4.69, 9.17) is 33.7 Å². The van der Waals surface area contributed by atoms with Crippen molar-refractivity contribution in [3.63, 3.8) is 0 Å². The minimum absolute atomic E-state index is 0.205. The van der Waals surface area contributed by atoms with E-state index < -0.39 is 6.35 Å². The fourth-order valence-electron chi connectivity index (χ4n) is 3.01. The van der Waals surface area contributed by atoms with Gasteiger partial charge in [0.25, 0.3) is 6.35 Å². The molecule has 0 aliphatic carbocycles. The van der Waals surface area contributed by atoms with Crippen LogP contribution in [-0.4, -0.2) is 32.8 Å². The Hall–Kier alpha value is -2.18. The Morgan fingerprint density at radius 2 is 2.08 bits per heavy atom. The Kier molecular flexibility index (Phi) is 5.74. The van der Waals surface area contributed by atoms with E-state index in [1.807, 2.05) is 42.0 Å². The van der Waals surface area contributed by atoms with Crippen LogP contribution in [0.2, 0.25) is 5.02 Å². The van der Waals surface area contributed by atoms with Gasteiger partial charge in [-0.3, -0.25) is 9.36 Å². The first-order valence-electron chi connectivity index (χ1n) is 8.27. The van der Waals surface area contributed by atoms with Crippen molar-refractivity contribution in [1.82, 2.24) is 14.5 Å². The monoisotopic (exact) mass is 394 g/mol. The number of nitrogens with two attached hydrogens (primary N) is 1. The number of aryl methyl sites for hydroxylation is 1. The van der Waals surface area contributed by atoms with Crippen molar-refractivity contribution in [2.75, 3.05) is 12.4 Å². The number of alkyl halides is 1. The van der Waals surface area contributed by atoms with Crippen molar-refractivity contribution in [3.05, 3.63) is 58.8 Å². The van der Waals surface area contributed by atoms with Crippen LogP contribution in [0, 0.1) is 6.92 Å². The standard InChI is InChI=1S/C18H20Cl2N4O2/c1-12-22-9-11-23(12)18-24(10-8-19)17(13-2-4-14(20)5-3-13)15(26-18)6-7-16(21)25/h2-5,9,11,18H,6-8,10H2,1H3,(H2,21,25). The molecule has 1 aliphatic heterocycles. The van der Waals surface area contributed by atoms with Crippen LogP contribution in [0.25, 0.3) is 5.70 Å². The number of allylic oxidation sites excluding steroid dienone is 1. The summed E-state index contributed by atoms with van der Waals surface area (Å²) in [5.74, 6) is 1.58. The molecular weight excluding hydrogens is 375 g/mol. The summed E-state index contributed by atoms with van der Waals surface area (Å²) in [7, 11) is 0. The van der Waals surface area contributed by atoms with Gasteiger partial charge < -0.3 is 15.4 Å². The van der Waals surface area contributed by atoms with Crippen LogP contribution >= 0.6 is 23.2 Å². The number of benzene rings is 1. The average Bonchev–Trinajstić information content (AvgIpc) is 3.18. The van der Waals surface area contributed by atoms with Crippen molar-refractivity contribution in [2.45, 2.75) is 26.1 Å². The van der Waals surface area contributed by atoms with Gasteiger partial charge in [0.15, 0.2) is 0 Å². The molecule has 2 N–H and O–H groups in total. The number of imidazole rings is 1. The summed E-state index contributed by atoms with van der Waals surface area (Å²) in [4.78, 5) is 17.6. The fourth-order valence-corrected chi connectivity index (χ4v) is 3.32. The third kappa shape index (κ3) is 3.81. The third-order valence-electron chi connectivity index (χ3n) is 4.21. The van der Waals surface area contributed by atoms with E-state index in [9.17, 15) is 4.79 Å². The lowest BCUT2D eigenvalue weighted by Gasteiger charge is -2.28. The number of amides is 1. The van der Waals surface area contributed by atoms with E-state index in [2.05, 4.69) is 9.88 Å². The molecule has 1 amide bonds. The van der Waals surface area contributed by atoms with Crippen LogP contribution in [0.3, 0.4) is 0 Å². The first kappa shape index (κ1) is 18.6. The Morgan fingerprint density at radius 3 is 2.65 bits per heavy atom. The predicted octanol–water partition coefficient (Wildman–Crippen LogP) is 3.51. The summed E-state index contributed by atoms with van der Waals surface area (Å²) < 4.78 is 8.16. The number of primary amides is 1. The molecule has 1 aromatic carbocycles. The lowest BCUT2D eigenvalue weighted by molar-refractivity contribution is -0.118. The number of aromatic nitrogens is 2. The smallest absolute Gasteiger partial charge is 0.257 e. The van der Waals surface area contributed by atoms with Gasteiger partial charge in [0.05, 0.1) is 5.70 Å². The van der Waals surface area contributed by atoms with Crippen LogP contribution in [0.4, 0.5) is 0 Å². The Balaban J connectivity index is 2.03. The highest BCUT2D eigenvalue weighted by Gasteiger charge is 2.35. The van der Waals surface area contributed by atoms with E-state index in [0.717, 1.165) is 17.1 Å². The maximum absolute atomic E-state index is 11.3. The number of ether oxygens (including phenoxy) is 1. The van der Waals surface area contributed by atoms with Gasteiger partial charge in [-0.1, -0.05) is 23.7 Å². The molecule has 1 aliphatic rings. The second-order valence-electron chi connectivity index (χ2n) is 5.95. The molecule has 138 valence electrons. The first-order valence-corrected chi connectivity index (χ1v) is 9.18. The quantitative estimate of drug-likeness (QED) is 0.729. The number of nitrogens with zero attached hydrogens (tertiary/aromatic N) is 3. The van der Waals surface area contributed by atoms with Gasteiger partial charge >= 0.3 is 0 Å². The Bertz CT molecular complexity index is 817. The topological polar surface area (TPSA) is 73.4 Å². The molecule has 0 bridgehead atoms. The van der Waals surface area contributed by atoms with Crippen LogP contribution < -0.4 is 5.73 Å². The molecule has 0 radical (unpaired) electrons. The van der Waals surface area contributed by atoms with Gasteiger partial charge in [-0.15, -0.1) is 11.6 Å². The summed E-state index contributed by atoms with van der Waals surface area (Å²) in [5.41, 5.74) is 7.17. The molecule has 8 heteroatoms. The highest BCUT2D eigenvalue weighted by Crippen LogP contribution is 2.41. The zero-order valence-corrected chi connectivity index (χ0v) is 15.9. The maximum atomic E-state index is 11.3. The number of hydrogen-bond donors (Lipinski definition) is 1. The first-order chi connectivity index (χ1) is 12.5. The van der Waals surface area contributed by atoms with Crippen molar-refractivity contribution >= 4 is 34.8 Å². The molecule has 6 nitrogen and oxygen atoms in total. The second kappa shape index (κ2) is 8.01. The zero-order valence-electron chi connectivity index (χ0n) is 14.4. The number of halogens is 2. The molecule has 2 heterocycles. The molecule has 1 unspecified atom stereocenters. The minimum atomic E-state index is -0.412. The van der Waals surface area contributed by atoms with E-state index >= 15 is 0 Å². The summed E-state index contributed by atoms with van der Waals surface area (Å²) in [5, 5.41) is 0.651. The summed E-state index contributed by atoms with van der Waals surface area (Å²) in [6, 6.07) is 7.50. The van der Waals surface area contributed by atoms with Crippen LogP contribution in [-0.2, 0) is 9.53 Å². The molecular formula is C18H20Cl2N4O2. The second-order valence-corrected chi connectivity index (χ2v) is 6.77. The third-order valence-corrected chi connectivity index (χ3v) is 4.63. The summed E-state index contributed by atoms with van der Waals surface area (Å²) >= 11 is 12.1. The van der Waals surface area contributed by atoms with Gasteiger partial charge in [0, 0.05) is 48.2 Å². The summed E-state index contributed by atoms with van der Waals surface area (Å²) in [6.45, 7) is 2.48. The van der Waals surface area contributed by atoms with Gasteiger partial charge in [-0.05, 0) is 19.1 Å². The SMILES string of the molecule is Cc1nccn1C1OC(CCC(N)=O)=C(c2ccc(Cl)cc2)N1CCCl. The van der Waals surface area contributed by atoms with Crippen molar-refractivity contribution in [2.24, 2.45) is 5.73 Å².